The van der Waals surface area contributed by atoms with E-state index in [4.69, 9.17) is 5.11 Å². The summed E-state index contributed by atoms with van der Waals surface area (Å²) in [4.78, 5) is 19.7. The lowest BCUT2D eigenvalue weighted by Crippen LogP contribution is -2.03. The summed E-state index contributed by atoms with van der Waals surface area (Å²) in [6.45, 7) is 5.70. The monoisotopic (exact) mass is 323 g/mol. The van der Waals surface area contributed by atoms with Gasteiger partial charge in [-0.15, -0.1) is 0 Å². The van der Waals surface area contributed by atoms with Crippen LogP contribution in [0.3, 0.4) is 0 Å². The Morgan fingerprint density at radius 3 is 2.50 bits per heavy atom. The summed E-state index contributed by atoms with van der Waals surface area (Å²) >= 11 is 0. The Balaban J connectivity index is 1.91. The van der Waals surface area contributed by atoms with Gasteiger partial charge in [0.2, 0.25) is 5.95 Å². The molecular weight excluding hydrogens is 306 g/mol. The first-order valence-electron chi connectivity index (χ1n) is 7.40. The van der Waals surface area contributed by atoms with Crippen LogP contribution in [0.5, 0.6) is 0 Å². The standard InChI is InChI=1S/C17H17N5O2/c1-10-6-11(2)8-13(7-10)19-17-18-5-4-15(20-17)22-9-14(16(23)24)12(3)21-22/h4-9H,1-3H3,(H,23,24)(H,18,19,20). The molecule has 0 amide bonds. The van der Waals surface area contributed by atoms with Crippen LogP contribution in [0.1, 0.15) is 27.2 Å². The van der Waals surface area contributed by atoms with Gasteiger partial charge in [-0.25, -0.2) is 14.5 Å². The molecule has 7 nitrogen and oxygen atoms in total. The smallest absolute Gasteiger partial charge is 0.339 e. The Morgan fingerprint density at radius 1 is 1.17 bits per heavy atom. The molecule has 0 atom stereocenters. The highest BCUT2D eigenvalue weighted by molar-refractivity contribution is 5.88. The van der Waals surface area contributed by atoms with Crippen LogP contribution < -0.4 is 5.32 Å². The van der Waals surface area contributed by atoms with Crippen LogP contribution in [0, 0.1) is 20.8 Å². The number of hydrogen-bond acceptors (Lipinski definition) is 5. The van der Waals surface area contributed by atoms with Crippen molar-refractivity contribution in [2.45, 2.75) is 20.8 Å². The second-order valence-electron chi connectivity index (χ2n) is 5.62. The normalized spacial score (nSPS) is 10.6. The highest BCUT2D eigenvalue weighted by Crippen LogP contribution is 2.18. The molecule has 0 aliphatic heterocycles. The fraction of sp³-hybridized carbons (Fsp3) is 0.176. The van der Waals surface area contributed by atoms with E-state index in [1.165, 1.54) is 10.9 Å². The number of aromatic nitrogens is 4. The minimum absolute atomic E-state index is 0.150. The molecule has 2 aromatic heterocycles. The highest BCUT2D eigenvalue weighted by Gasteiger charge is 2.13. The Kier molecular flexibility index (Phi) is 3.99. The van der Waals surface area contributed by atoms with Gasteiger partial charge in [0, 0.05) is 24.1 Å². The first kappa shape index (κ1) is 15.7. The number of rotatable bonds is 4. The van der Waals surface area contributed by atoms with Crippen molar-refractivity contribution < 1.29 is 9.90 Å². The summed E-state index contributed by atoms with van der Waals surface area (Å²) in [7, 11) is 0. The summed E-state index contributed by atoms with van der Waals surface area (Å²) in [5.74, 6) is -0.101. The molecule has 24 heavy (non-hydrogen) atoms. The average Bonchev–Trinajstić information content (AvgIpc) is 2.89. The zero-order valence-corrected chi connectivity index (χ0v) is 13.6. The number of carbonyl (C=O) groups is 1. The predicted octanol–water partition coefficient (Wildman–Crippen LogP) is 3.03. The number of nitrogens with one attached hydrogen (secondary N) is 1. The third-order valence-corrected chi connectivity index (χ3v) is 3.48. The third kappa shape index (κ3) is 3.24. The van der Waals surface area contributed by atoms with Crippen molar-refractivity contribution in [3.63, 3.8) is 0 Å². The van der Waals surface area contributed by atoms with E-state index in [9.17, 15) is 4.79 Å². The molecule has 0 bridgehead atoms. The van der Waals surface area contributed by atoms with Crippen molar-refractivity contribution in [3.05, 3.63) is 59.0 Å². The molecule has 0 saturated carbocycles. The van der Waals surface area contributed by atoms with Gasteiger partial charge < -0.3 is 10.4 Å². The predicted molar refractivity (Wildman–Crippen MR) is 90.0 cm³/mol. The summed E-state index contributed by atoms with van der Waals surface area (Å²) in [6, 6.07) is 7.76. The topological polar surface area (TPSA) is 92.9 Å². The first-order valence-corrected chi connectivity index (χ1v) is 7.40. The van der Waals surface area contributed by atoms with E-state index in [2.05, 4.69) is 26.4 Å². The van der Waals surface area contributed by atoms with Gasteiger partial charge in [0.1, 0.15) is 5.56 Å². The summed E-state index contributed by atoms with van der Waals surface area (Å²) < 4.78 is 1.44. The van der Waals surface area contributed by atoms with Gasteiger partial charge in [-0.3, -0.25) is 0 Å². The molecule has 0 aliphatic rings. The quantitative estimate of drug-likeness (QED) is 0.766. The van der Waals surface area contributed by atoms with E-state index < -0.39 is 5.97 Å². The minimum Gasteiger partial charge on any atom is -0.478 e. The molecule has 0 aliphatic carbocycles. The lowest BCUT2D eigenvalue weighted by atomic mass is 10.1. The van der Waals surface area contributed by atoms with E-state index in [0.29, 0.717) is 17.5 Å². The fourth-order valence-corrected chi connectivity index (χ4v) is 2.50. The van der Waals surface area contributed by atoms with E-state index >= 15 is 0 Å². The molecule has 0 spiro atoms. The molecule has 7 heteroatoms. The van der Waals surface area contributed by atoms with Crippen LogP contribution in [0.25, 0.3) is 5.82 Å². The highest BCUT2D eigenvalue weighted by atomic mass is 16.4. The Morgan fingerprint density at radius 2 is 1.88 bits per heavy atom. The molecule has 2 N–H and O–H groups in total. The van der Waals surface area contributed by atoms with Crippen molar-refractivity contribution in [1.82, 2.24) is 19.7 Å². The van der Waals surface area contributed by atoms with Crippen molar-refractivity contribution in [2.75, 3.05) is 5.32 Å². The maximum absolute atomic E-state index is 11.1. The zero-order chi connectivity index (χ0) is 17.3. The SMILES string of the molecule is Cc1cc(C)cc(Nc2nccc(-n3cc(C(=O)O)c(C)n3)n2)c1. The summed E-state index contributed by atoms with van der Waals surface area (Å²) in [5.41, 5.74) is 3.76. The molecule has 3 aromatic rings. The van der Waals surface area contributed by atoms with Gasteiger partial charge in [0.25, 0.3) is 0 Å². The molecule has 0 fully saturated rings. The maximum Gasteiger partial charge on any atom is 0.339 e. The number of benzene rings is 1. The van der Waals surface area contributed by atoms with Crippen LogP contribution >= 0.6 is 0 Å². The van der Waals surface area contributed by atoms with Gasteiger partial charge in [-0.2, -0.15) is 10.1 Å². The van der Waals surface area contributed by atoms with Gasteiger partial charge in [-0.05, 0) is 44.0 Å². The van der Waals surface area contributed by atoms with E-state index in [1.807, 2.05) is 26.0 Å². The van der Waals surface area contributed by atoms with Crippen molar-refractivity contribution in [1.29, 1.82) is 0 Å². The Hall–Kier alpha value is -3.22. The molecule has 122 valence electrons. The van der Waals surface area contributed by atoms with Crippen LogP contribution in [0.4, 0.5) is 11.6 Å². The van der Waals surface area contributed by atoms with E-state index in [1.54, 1.807) is 19.2 Å². The molecular formula is C17H17N5O2. The molecule has 2 heterocycles. The van der Waals surface area contributed by atoms with E-state index in [0.717, 1.165) is 16.8 Å². The number of aryl methyl sites for hydroxylation is 3. The van der Waals surface area contributed by atoms with Gasteiger partial charge in [0.15, 0.2) is 5.82 Å². The lowest BCUT2D eigenvalue weighted by Gasteiger charge is -2.08. The lowest BCUT2D eigenvalue weighted by molar-refractivity contribution is 0.0696. The van der Waals surface area contributed by atoms with Crippen LogP contribution in [0.2, 0.25) is 0 Å². The van der Waals surface area contributed by atoms with Crippen LogP contribution in [-0.2, 0) is 0 Å². The Labute approximate surface area is 139 Å². The second kappa shape index (κ2) is 6.11. The number of nitrogens with zero attached hydrogens (tertiary/aromatic N) is 4. The van der Waals surface area contributed by atoms with Gasteiger partial charge in [0.05, 0.1) is 5.69 Å². The summed E-state index contributed by atoms with van der Waals surface area (Å²) in [5, 5.41) is 16.5. The molecule has 3 rings (SSSR count). The molecule has 0 unspecified atom stereocenters. The summed E-state index contributed by atoms with van der Waals surface area (Å²) in [6.07, 6.45) is 3.05. The average molecular weight is 323 g/mol. The maximum atomic E-state index is 11.1. The van der Waals surface area contributed by atoms with Crippen LogP contribution in [-0.4, -0.2) is 30.8 Å². The first-order chi connectivity index (χ1) is 11.4. The number of hydrogen-bond donors (Lipinski definition) is 2. The second-order valence-corrected chi connectivity index (χ2v) is 5.62. The van der Waals surface area contributed by atoms with Crippen molar-refractivity contribution >= 4 is 17.6 Å². The molecule has 0 radical (unpaired) electrons. The van der Waals surface area contributed by atoms with Gasteiger partial charge in [-0.1, -0.05) is 6.07 Å². The molecule has 1 aromatic carbocycles. The minimum atomic E-state index is -1.01. The third-order valence-electron chi connectivity index (χ3n) is 3.48. The fourth-order valence-electron chi connectivity index (χ4n) is 2.50. The number of aromatic carboxylic acids is 1. The zero-order valence-electron chi connectivity index (χ0n) is 13.6. The Bertz CT molecular complexity index is 897. The largest absolute Gasteiger partial charge is 0.478 e. The number of carboxylic acid groups (broad SMARTS) is 1. The van der Waals surface area contributed by atoms with Crippen LogP contribution in [0.15, 0.2) is 36.7 Å². The molecule has 0 saturated heterocycles. The van der Waals surface area contributed by atoms with E-state index in [-0.39, 0.29) is 5.56 Å². The number of carboxylic acids is 1. The number of anilines is 2. The van der Waals surface area contributed by atoms with Gasteiger partial charge >= 0.3 is 5.97 Å². The van der Waals surface area contributed by atoms with Crippen molar-refractivity contribution in [3.8, 4) is 5.82 Å². The van der Waals surface area contributed by atoms with Crippen molar-refractivity contribution in [2.24, 2.45) is 0 Å².